The Morgan fingerprint density at radius 3 is 2.92 bits per heavy atom. The van der Waals surface area contributed by atoms with Gasteiger partial charge in [0.15, 0.2) is 0 Å². The smallest absolute Gasteiger partial charge is 0.172 e. The monoisotopic (exact) mass is 198 g/mol. The van der Waals surface area contributed by atoms with E-state index in [0.717, 1.165) is 11.0 Å². The number of aromatic nitrogens is 1. The number of fused-ring (bicyclic) bond motifs is 1. The molecule has 1 aromatic heterocycles. The van der Waals surface area contributed by atoms with Crippen LogP contribution in [0.3, 0.4) is 0 Å². The molecule has 0 saturated carbocycles. The number of hydrogen-bond donors (Lipinski definition) is 0. The van der Waals surface area contributed by atoms with Crippen molar-refractivity contribution in [2.75, 3.05) is 0 Å². The molecule has 1 aromatic carbocycles. The van der Waals surface area contributed by atoms with Gasteiger partial charge in [0.2, 0.25) is 5.52 Å². The average molecular weight is 199 g/mol. The van der Waals surface area contributed by atoms with Gasteiger partial charge in [-0.3, -0.25) is 0 Å². The van der Waals surface area contributed by atoms with Crippen molar-refractivity contribution in [1.82, 2.24) is 0 Å². The Hall–Kier alpha value is -0.600. The molecule has 0 radical (unpaired) electrons. The lowest BCUT2D eigenvalue weighted by Crippen LogP contribution is -2.31. The number of hydrogen-bond acceptors (Lipinski definition) is 1. The molecule has 12 heavy (non-hydrogen) atoms. The third kappa shape index (κ3) is 1.11. The molecule has 0 saturated heterocycles. The highest BCUT2D eigenvalue weighted by atomic mass is 35.5. The van der Waals surface area contributed by atoms with Gasteiger partial charge in [0.1, 0.15) is 11.2 Å². The van der Waals surface area contributed by atoms with Crippen LogP contribution >= 0.6 is 22.9 Å². The predicted octanol–water partition coefficient (Wildman–Crippen LogP) is 2.86. The van der Waals surface area contributed by atoms with Crippen molar-refractivity contribution >= 4 is 33.2 Å². The molecule has 0 unspecified atom stereocenters. The third-order valence-electron chi connectivity index (χ3n) is 1.88. The van der Waals surface area contributed by atoms with Crippen LogP contribution in [0.4, 0.5) is 0 Å². The lowest BCUT2D eigenvalue weighted by Gasteiger charge is -1.87. The summed E-state index contributed by atoms with van der Waals surface area (Å²) in [6.07, 6.45) is 0. The lowest BCUT2D eigenvalue weighted by atomic mass is 10.3. The molecule has 0 spiro atoms. The van der Waals surface area contributed by atoms with E-state index in [0.29, 0.717) is 0 Å². The van der Waals surface area contributed by atoms with Crippen molar-refractivity contribution in [3.05, 3.63) is 28.7 Å². The first kappa shape index (κ1) is 8.02. The highest BCUT2D eigenvalue weighted by Gasteiger charge is 2.15. The summed E-state index contributed by atoms with van der Waals surface area (Å²) in [7, 11) is 0. The molecule has 1 nitrogen and oxygen atoms in total. The summed E-state index contributed by atoms with van der Waals surface area (Å²) in [6.45, 7) is 3.04. The number of rotatable bonds is 1. The highest BCUT2D eigenvalue weighted by Crippen LogP contribution is 2.23. The Kier molecular flexibility index (Phi) is 2.03. The second kappa shape index (κ2) is 3.04. The normalized spacial score (nSPS) is 10.8. The van der Waals surface area contributed by atoms with Crippen LogP contribution in [-0.2, 0) is 6.54 Å². The number of nitrogens with zero attached hydrogens (tertiary/aromatic N) is 1. The zero-order chi connectivity index (χ0) is 8.55. The van der Waals surface area contributed by atoms with Gasteiger partial charge < -0.3 is 0 Å². The molecule has 0 N–H and O–H groups in total. The van der Waals surface area contributed by atoms with E-state index in [2.05, 4.69) is 23.6 Å². The molecule has 0 aliphatic rings. The average Bonchev–Trinajstić information content (AvgIpc) is 2.40. The van der Waals surface area contributed by atoms with Crippen LogP contribution in [0.2, 0.25) is 4.47 Å². The van der Waals surface area contributed by atoms with Gasteiger partial charge in [-0.2, -0.15) is 4.57 Å². The van der Waals surface area contributed by atoms with E-state index in [1.54, 1.807) is 11.3 Å². The van der Waals surface area contributed by atoms with Crippen LogP contribution in [0, 0.1) is 0 Å². The summed E-state index contributed by atoms with van der Waals surface area (Å²) in [4.78, 5) is 0. The van der Waals surface area contributed by atoms with Crippen LogP contribution in [0.25, 0.3) is 10.2 Å². The van der Waals surface area contributed by atoms with Gasteiger partial charge in [-0.15, -0.1) is 0 Å². The molecule has 0 atom stereocenters. The zero-order valence-electron chi connectivity index (χ0n) is 6.75. The molecule has 2 aromatic rings. The van der Waals surface area contributed by atoms with Crippen LogP contribution in [0.15, 0.2) is 24.3 Å². The standard InChI is InChI=1S/C9H9ClNS/c1-2-11-7-5-3-4-6-8(7)12-9(11)10/h3-6H,2H2,1H3/q+1. The van der Waals surface area contributed by atoms with Crippen molar-refractivity contribution < 1.29 is 4.57 Å². The number of thiazole rings is 1. The molecule has 0 fully saturated rings. The molecule has 2 rings (SSSR count). The summed E-state index contributed by atoms with van der Waals surface area (Å²) < 4.78 is 4.23. The Labute approximate surface area is 80.2 Å². The van der Waals surface area contributed by atoms with E-state index in [4.69, 9.17) is 11.6 Å². The van der Waals surface area contributed by atoms with Gasteiger partial charge in [-0.25, -0.2) is 0 Å². The molecule has 1 heterocycles. The first-order valence-corrected chi connectivity index (χ1v) is 5.09. The molecule has 0 aliphatic heterocycles. The highest BCUT2D eigenvalue weighted by molar-refractivity contribution is 7.21. The molecule has 0 aliphatic carbocycles. The molecular formula is C9H9ClNS+. The summed E-state index contributed by atoms with van der Waals surface area (Å²) in [5.41, 5.74) is 1.23. The maximum atomic E-state index is 6.05. The molecule has 0 amide bonds. The summed E-state index contributed by atoms with van der Waals surface area (Å²) >= 11 is 7.68. The Balaban J connectivity index is 2.81. The lowest BCUT2D eigenvalue weighted by molar-refractivity contribution is -0.661. The van der Waals surface area contributed by atoms with Crippen molar-refractivity contribution in [2.45, 2.75) is 13.5 Å². The van der Waals surface area contributed by atoms with Crippen LogP contribution in [0.1, 0.15) is 6.92 Å². The summed E-state index contributed by atoms with van der Waals surface area (Å²) in [5.74, 6) is 0. The van der Waals surface area contributed by atoms with Gasteiger partial charge in [0, 0.05) is 17.7 Å². The summed E-state index contributed by atoms with van der Waals surface area (Å²) in [6, 6.07) is 8.27. The Morgan fingerprint density at radius 1 is 1.42 bits per heavy atom. The SMILES string of the molecule is CC[n+]1c(Cl)sc2ccccc21. The van der Waals surface area contributed by atoms with Gasteiger partial charge >= 0.3 is 4.47 Å². The van der Waals surface area contributed by atoms with Crippen molar-refractivity contribution in [1.29, 1.82) is 0 Å². The van der Waals surface area contributed by atoms with E-state index in [9.17, 15) is 0 Å². The number of benzene rings is 1. The molecular weight excluding hydrogens is 190 g/mol. The molecule has 3 heteroatoms. The van der Waals surface area contributed by atoms with Crippen molar-refractivity contribution in [3.8, 4) is 0 Å². The fraction of sp³-hybridized carbons (Fsp3) is 0.222. The minimum atomic E-state index is 0.860. The molecule has 62 valence electrons. The fourth-order valence-corrected chi connectivity index (χ4v) is 2.71. The fourth-order valence-electron chi connectivity index (χ4n) is 1.30. The largest absolute Gasteiger partial charge is 0.334 e. The van der Waals surface area contributed by atoms with E-state index in [1.807, 2.05) is 12.1 Å². The van der Waals surface area contributed by atoms with Gasteiger partial charge in [0.25, 0.3) is 0 Å². The van der Waals surface area contributed by atoms with Crippen LogP contribution in [0.5, 0.6) is 0 Å². The first-order chi connectivity index (χ1) is 5.83. The Bertz CT molecular complexity index is 408. The second-order valence-corrected chi connectivity index (χ2v) is 4.18. The van der Waals surface area contributed by atoms with E-state index in [1.165, 1.54) is 10.2 Å². The first-order valence-electron chi connectivity index (χ1n) is 3.90. The van der Waals surface area contributed by atoms with E-state index >= 15 is 0 Å². The third-order valence-corrected chi connectivity index (χ3v) is 3.27. The van der Waals surface area contributed by atoms with Crippen molar-refractivity contribution in [3.63, 3.8) is 0 Å². The minimum absolute atomic E-state index is 0.860. The molecule has 0 bridgehead atoms. The quantitative estimate of drug-likeness (QED) is 0.621. The Morgan fingerprint density at radius 2 is 2.17 bits per heavy atom. The van der Waals surface area contributed by atoms with E-state index in [-0.39, 0.29) is 0 Å². The number of aryl methyl sites for hydroxylation is 1. The maximum absolute atomic E-state index is 6.05. The van der Waals surface area contributed by atoms with Gasteiger partial charge in [-0.05, 0) is 24.3 Å². The zero-order valence-corrected chi connectivity index (χ0v) is 8.32. The van der Waals surface area contributed by atoms with Gasteiger partial charge in [-0.1, -0.05) is 12.1 Å². The number of halogens is 1. The summed E-state index contributed by atoms with van der Waals surface area (Å²) in [5, 5.41) is 0. The number of para-hydroxylation sites is 1. The van der Waals surface area contributed by atoms with Crippen LogP contribution < -0.4 is 4.57 Å². The van der Waals surface area contributed by atoms with Crippen molar-refractivity contribution in [2.24, 2.45) is 0 Å². The van der Waals surface area contributed by atoms with E-state index < -0.39 is 0 Å². The predicted molar refractivity (Wildman–Crippen MR) is 52.7 cm³/mol. The van der Waals surface area contributed by atoms with Crippen LogP contribution in [-0.4, -0.2) is 0 Å². The maximum Gasteiger partial charge on any atom is 0.334 e. The topological polar surface area (TPSA) is 3.88 Å². The minimum Gasteiger partial charge on any atom is -0.172 e. The van der Waals surface area contributed by atoms with Gasteiger partial charge in [0.05, 0.1) is 0 Å². The second-order valence-electron chi connectivity index (χ2n) is 2.57.